The van der Waals surface area contributed by atoms with E-state index in [0.717, 1.165) is 18.7 Å². The maximum absolute atomic E-state index is 10.6. The van der Waals surface area contributed by atoms with Crippen molar-refractivity contribution in [3.63, 3.8) is 0 Å². The van der Waals surface area contributed by atoms with Crippen molar-refractivity contribution in [3.8, 4) is 0 Å². The van der Waals surface area contributed by atoms with Crippen LogP contribution in [0, 0.1) is 0 Å². The monoisotopic (exact) mass is 317 g/mol. The molecule has 0 bridgehead atoms. The van der Waals surface area contributed by atoms with Crippen molar-refractivity contribution in [2.24, 2.45) is 0 Å². The van der Waals surface area contributed by atoms with Gasteiger partial charge in [-0.15, -0.1) is 0 Å². The smallest absolute Gasteiger partial charge is 0.478 e. The van der Waals surface area contributed by atoms with Gasteiger partial charge in [0.15, 0.2) is 0 Å². The molecule has 0 amide bonds. The van der Waals surface area contributed by atoms with E-state index in [1.54, 1.807) is 6.08 Å². The maximum atomic E-state index is 10.6. The molecule has 1 fully saturated rings. The summed E-state index contributed by atoms with van der Waals surface area (Å²) >= 11 is 0. The molecule has 0 spiro atoms. The first-order valence-electron chi connectivity index (χ1n) is 6.22. The van der Waals surface area contributed by atoms with E-state index in [0.29, 0.717) is 5.92 Å². The van der Waals surface area contributed by atoms with Crippen molar-refractivity contribution in [2.45, 2.75) is 12.1 Å². The second kappa shape index (κ2) is 7.60. The number of rotatable bonds is 3. The third kappa shape index (κ3) is 5.57. The zero-order chi connectivity index (χ0) is 16.8. The predicted octanol–water partition coefficient (Wildman–Crippen LogP) is 2.10. The standard InChI is InChI=1S/C12H13NO2.C2HF3O2/c14-12(15)6-5-9-3-1-2-4-11(9)10-7-13-8-10;3-2(4,5)1(6)7/h1-6,10,13H,7-8H2,(H,14,15);(H,6,7)/b6-5+;. The molecule has 3 N–H and O–H groups in total. The van der Waals surface area contributed by atoms with Gasteiger partial charge >= 0.3 is 18.1 Å². The second-order valence-electron chi connectivity index (χ2n) is 4.46. The number of alkyl halides is 3. The van der Waals surface area contributed by atoms with Crippen molar-refractivity contribution >= 4 is 18.0 Å². The van der Waals surface area contributed by atoms with Crippen LogP contribution in [-0.2, 0) is 9.59 Å². The van der Waals surface area contributed by atoms with Crippen LogP contribution in [0.25, 0.3) is 6.08 Å². The largest absolute Gasteiger partial charge is 0.490 e. The minimum Gasteiger partial charge on any atom is -0.478 e. The lowest BCUT2D eigenvalue weighted by Crippen LogP contribution is -2.40. The molecule has 1 aromatic carbocycles. The Balaban J connectivity index is 0.000000295. The summed E-state index contributed by atoms with van der Waals surface area (Å²) in [6.45, 7) is 1.97. The highest BCUT2D eigenvalue weighted by atomic mass is 19.4. The Kier molecular flexibility index (Phi) is 6.11. The van der Waals surface area contributed by atoms with Crippen LogP contribution in [0.5, 0.6) is 0 Å². The highest BCUT2D eigenvalue weighted by molar-refractivity contribution is 5.85. The molecule has 8 heteroatoms. The van der Waals surface area contributed by atoms with Crippen LogP contribution in [0.15, 0.2) is 30.3 Å². The molecule has 1 aliphatic heterocycles. The number of hydrogen-bond donors (Lipinski definition) is 3. The molecule has 0 saturated carbocycles. The zero-order valence-electron chi connectivity index (χ0n) is 11.3. The minimum absolute atomic E-state index is 0.527. The van der Waals surface area contributed by atoms with E-state index in [1.165, 1.54) is 11.6 Å². The van der Waals surface area contributed by atoms with Gasteiger partial charge in [-0.1, -0.05) is 24.3 Å². The predicted molar refractivity (Wildman–Crippen MR) is 72.4 cm³/mol. The molecule has 1 saturated heterocycles. The fourth-order valence-electron chi connectivity index (χ4n) is 1.70. The van der Waals surface area contributed by atoms with Crippen molar-refractivity contribution in [2.75, 3.05) is 13.1 Å². The highest BCUT2D eigenvalue weighted by Gasteiger charge is 2.38. The lowest BCUT2D eigenvalue weighted by Gasteiger charge is -2.28. The molecule has 1 aliphatic rings. The van der Waals surface area contributed by atoms with Gasteiger partial charge in [-0.3, -0.25) is 0 Å². The molecule has 0 aromatic heterocycles. The van der Waals surface area contributed by atoms with Crippen LogP contribution in [0.1, 0.15) is 17.0 Å². The molecule has 1 heterocycles. The number of benzene rings is 1. The van der Waals surface area contributed by atoms with Crippen LogP contribution < -0.4 is 5.32 Å². The summed E-state index contributed by atoms with van der Waals surface area (Å²) in [4.78, 5) is 19.3. The number of carboxylic acid groups (broad SMARTS) is 2. The topological polar surface area (TPSA) is 86.6 Å². The highest BCUT2D eigenvalue weighted by Crippen LogP contribution is 2.24. The van der Waals surface area contributed by atoms with Crippen molar-refractivity contribution in [1.29, 1.82) is 0 Å². The molecule has 0 unspecified atom stereocenters. The first kappa shape index (κ1) is 17.7. The summed E-state index contributed by atoms with van der Waals surface area (Å²) in [6.07, 6.45) is -2.24. The quantitative estimate of drug-likeness (QED) is 0.743. The van der Waals surface area contributed by atoms with Gasteiger partial charge in [0.25, 0.3) is 0 Å². The minimum atomic E-state index is -5.08. The average molecular weight is 317 g/mol. The van der Waals surface area contributed by atoms with Crippen LogP contribution in [0.4, 0.5) is 13.2 Å². The normalized spacial score (nSPS) is 14.9. The van der Waals surface area contributed by atoms with E-state index in [9.17, 15) is 18.0 Å². The number of carbonyl (C=O) groups is 2. The lowest BCUT2D eigenvalue weighted by atomic mass is 9.90. The molecule has 1 aromatic rings. The van der Waals surface area contributed by atoms with Crippen LogP contribution >= 0.6 is 0 Å². The third-order valence-electron chi connectivity index (χ3n) is 2.87. The summed E-state index contributed by atoms with van der Waals surface area (Å²) in [7, 11) is 0. The van der Waals surface area contributed by atoms with E-state index >= 15 is 0 Å². The molecule has 0 radical (unpaired) electrons. The maximum Gasteiger partial charge on any atom is 0.490 e. The first-order valence-corrected chi connectivity index (χ1v) is 6.22. The van der Waals surface area contributed by atoms with Crippen LogP contribution in [0.2, 0.25) is 0 Å². The third-order valence-corrected chi connectivity index (χ3v) is 2.87. The summed E-state index contributed by atoms with van der Waals surface area (Å²) in [5.41, 5.74) is 2.24. The lowest BCUT2D eigenvalue weighted by molar-refractivity contribution is -0.192. The fourth-order valence-corrected chi connectivity index (χ4v) is 1.70. The zero-order valence-corrected chi connectivity index (χ0v) is 11.3. The molecular formula is C14H14F3NO4. The van der Waals surface area contributed by atoms with E-state index in [-0.39, 0.29) is 0 Å². The van der Waals surface area contributed by atoms with E-state index < -0.39 is 18.1 Å². The Morgan fingerprint density at radius 1 is 1.18 bits per heavy atom. The van der Waals surface area contributed by atoms with Gasteiger partial charge in [0.2, 0.25) is 0 Å². The van der Waals surface area contributed by atoms with Gasteiger partial charge in [-0.25, -0.2) is 9.59 Å². The average Bonchev–Trinajstić information content (AvgIpc) is 2.35. The second-order valence-corrected chi connectivity index (χ2v) is 4.46. The van der Waals surface area contributed by atoms with Gasteiger partial charge in [0.1, 0.15) is 0 Å². The number of carboxylic acids is 2. The van der Waals surface area contributed by atoms with Gasteiger partial charge in [-0.05, 0) is 17.2 Å². The number of nitrogens with one attached hydrogen (secondary N) is 1. The Bertz CT molecular complexity index is 565. The summed E-state index contributed by atoms with van der Waals surface area (Å²) in [5.74, 6) is -3.14. The number of halogens is 3. The van der Waals surface area contributed by atoms with Gasteiger partial charge in [0.05, 0.1) is 0 Å². The van der Waals surface area contributed by atoms with E-state index in [1.807, 2.05) is 18.2 Å². The number of hydrogen-bond acceptors (Lipinski definition) is 3. The fraction of sp³-hybridized carbons (Fsp3) is 0.286. The van der Waals surface area contributed by atoms with Gasteiger partial charge in [0, 0.05) is 25.1 Å². The number of aliphatic carboxylic acids is 2. The van der Waals surface area contributed by atoms with Crippen molar-refractivity contribution in [1.82, 2.24) is 5.32 Å². The molecule has 120 valence electrons. The van der Waals surface area contributed by atoms with Crippen molar-refractivity contribution < 1.29 is 33.0 Å². The van der Waals surface area contributed by atoms with E-state index in [2.05, 4.69) is 11.4 Å². The Hall–Kier alpha value is -2.35. The molecule has 22 heavy (non-hydrogen) atoms. The SMILES string of the molecule is O=C(O)/C=C/c1ccccc1C1CNC1.O=C(O)C(F)(F)F. The summed E-state index contributed by atoms with van der Waals surface area (Å²) in [6, 6.07) is 7.93. The van der Waals surface area contributed by atoms with Crippen molar-refractivity contribution in [3.05, 3.63) is 41.5 Å². The molecule has 5 nitrogen and oxygen atoms in total. The first-order chi connectivity index (χ1) is 10.2. The molecule has 2 rings (SSSR count). The van der Waals surface area contributed by atoms with Gasteiger partial charge in [-0.2, -0.15) is 13.2 Å². The Morgan fingerprint density at radius 2 is 1.73 bits per heavy atom. The Labute approximate surface area is 124 Å². The molecule has 0 aliphatic carbocycles. The van der Waals surface area contributed by atoms with Crippen LogP contribution in [0.3, 0.4) is 0 Å². The molecular weight excluding hydrogens is 303 g/mol. The Morgan fingerprint density at radius 3 is 2.14 bits per heavy atom. The van der Waals surface area contributed by atoms with Crippen LogP contribution in [-0.4, -0.2) is 41.4 Å². The summed E-state index contributed by atoms with van der Waals surface area (Å²) < 4.78 is 31.7. The van der Waals surface area contributed by atoms with Gasteiger partial charge < -0.3 is 15.5 Å². The van der Waals surface area contributed by atoms with E-state index in [4.69, 9.17) is 15.0 Å². The summed E-state index contributed by atoms with van der Waals surface area (Å²) in [5, 5.41) is 18.9. The molecule has 0 atom stereocenters.